The Labute approximate surface area is 198 Å². The molecular formula is C24H30Cl2N2O2S. The lowest BCUT2D eigenvalue weighted by atomic mass is 9.84. The van der Waals surface area contributed by atoms with Crippen molar-refractivity contribution in [1.82, 2.24) is 10.2 Å². The Hall–Kier alpha value is -1.27. The summed E-state index contributed by atoms with van der Waals surface area (Å²) in [5.74, 6) is 1.55. The number of hydrogen-bond acceptors (Lipinski definition) is 4. The molecular weight excluding hydrogens is 451 g/mol. The van der Waals surface area contributed by atoms with Gasteiger partial charge in [0.15, 0.2) is 0 Å². The Morgan fingerprint density at radius 3 is 2.55 bits per heavy atom. The third kappa shape index (κ3) is 6.38. The molecule has 0 radical (unpaired) electrons. The van der Waals surface area contributed by atoms with Crippen LogP contribution in [0.25, 0.3) is 0 Å². The Kier molecular flexibility index (Phi) is 8.16. The molecule has 4 nitrogen and oxygen atoms in total. The fourth-order valence-electron chi connectivity index (χ4n) is 4.63. The van der Waals surface area contributed by atoms with E-state index in [9.17, 15) is 4.79 Å². The van der Waals surface area contributed by atoms with Gasteiger partial charge in [0.1, 0.15) is 16.9 Å². The van der Waals surface area contributed by atoms with Crippen molar-refractivity contribution in [3.63, 3.8) is 0 Å². The van der Waals surface area contributed by atoms with Crippen LogP contribution < -0.4 is 10.1 Å². The van der Waals surface area contributed by atoms with Gasteiger partial charge >= 0.3 is 0 Å². The lowest BCUT2D eigenvalue weighted by molar-refractivity contribution is 0.0900. The molecule has 1 aromatic carbocycles. The van der Waals surface area contributed by atoms with E-state index in [1.54, 1.807) is 6.07 Å². The fraction of sp³-hybridized carbons (Fsp3) is 0.542. The molecule has 7 heteroatoms. The van der Waals surface area contributed by atoms with Crippen LogP contribution in [0.2, 0.25) is 10.0 Å². The number of likely N-dealkylation sites (tertiary alicyclic amines) is 1. The van der Waals surface area contributed by atoms with Crippen molar-refractivity contribution in [2.24, 2.45) is 5.92 Å². The number of amides is 1. The highest BCUT2D eigenvalue weighted by molar-refractivity contribution is 7.12. The molecule has 2 aromatic rings. The molecule has 1 N–H and O–H groups in total. The number of benzene rings is 1. The predicted molar refractivity (Wildman–Crippen MR) is 129 cm³/mol. The first-order chi connectivity index (χ1) is 15.1. The number of halogens is 2. The van der Waals surface area contributed by atoms with Gasteiger partial charge in [0.2, 0.25) is 0 Å². The highest BCUT2D eigenvalue weighted by Crippen LogP contribution is 2.33. The van der Waals surface area contributed by atoms with Crippen molar-refractivity contribution in [2.45, 2.75) is 57.1 Å². The van der Waals surface area contributed by atoms with Crippen molar-refractivity contribution in [2.75, 3.05) is 19.6 Å². The summed E-state index contributed by atoms with van der Waals surface area (Å²) in [6, 6.07) is 9.70. The molecule has 0 atom stereocenters. The zero-order valence-electron chi connectivity index (χ0n) is 17.7. The van der Waals surface area contributed by atoms with Gasteiger partial charge in [-0.05, 0) is 81.0 Å². The molecule has 0 bridgehead atoms. The maximum atomic E-state index is 12.2. The molecule has 31 heavy (non-hydrogen) atoms. The summed E-state index contributed by atoms with van der Waals surface area (Å²) in [6.07, 6.45) is 8.10. The van der Waals surface area contributed by atoms with Crippen LogP contribution in [0.3, 0.4) is 0 Å². The number of carbonyl (C=O) groups excluding carboxylic acids is 1. The van der Waals surface area contributed by atoms with E-state index in [0.717, 1.165) is 56.1 Å². The van der Waals surface area contributed by atoms with Gasteiger partial charge in [0, 0.05) is 19.1 Å². The minimum atomic E-state index is 0.0857. The molecule has 168 valence electrons. The van der Waals surface area contributed by atoms with Crippen molar-refractivity contribution in [3.05, 3.63) is 50.6 Å². The van der Waals surface area contributed by atoms with Gasteiger partial charge in [0.05, 0.1) is 9.90 Å². The number of carbonyl (C=O) groups is 1. The van der Waals surface area contributed by atoms with Crippen LogP contribution in [0, 0.1) is 5.92 Å². The largest absolute Gasteiger partial charge is 0.489 e. The highest BCUT2D eigenvalue weighted by atomic mass is 35.5. The first-order valence-electron chi connectivity index (χ1n) is 11.3. The summed E-state index contributed by atoms with van der Waals surface area (Å²) in [5, 5.41) is 6.21. The quantitative estimate of drug-likeness (QED) is 0.506. The van der Waals surface area contributed by atoms with Crippen LogP contribution in [0.5, 0.6) is 5.75 Å². The van der Waals surface area contributed by atoms with Gasteiger partial charge in [-0.15, -0.1) is 11.3 Å². The number of piperidine rings is 1. The normalized spacial score (nSPS) is 22.9. The number of thiophene rings is 1. The minimum absolute atomic E-state index is 0.0857. The Morgan fingerprint density at radius 2 is 1.84 bits per heavy atom. The molecule has 0 unspecified atom stereocenters. The zero-order valence-corrected chi connectivity index (χ0v) is 20.0. The van der Waals surface area contributed by atoms with Crippen LogP contribution in [0.4, 0.5) is 0 Å². The highest BCUT2D eigenvalue weighted by Gasteiger charge is 2.25. The number of rotatable bonds is 7. The molecule has 2 fully saturated rings. The van der Waals surface area contributed by atoms with Gasteiger partial charge in [-0.1, -0.05) is 35.3 Å². The second kappa shape index (κ2) is 11.0. The summed E-state index contributed by atoms with van der Waals surface area (Å²) in [7, 11) is 0. The van der Waals surface area contributed by atoms with E-state index in [-0.39, 0.29) is 12.0 Å². The van der Waals surface area contributed by atoms with E-state index in [4.69, 9.17) is 27.9 Å². The lowest BCUT2D eigenvalue weighted by Gasteiger charge is -2.34. The van der Waals surface area contributed by atoms with E-state index in [2.05, 4.69) is 10.2 Å². The van der Waals surface area contributed by atoms with Crippen molar-refractivity contribution in [1.29, 1.82) is 0 Å². The van der Waals surface area contributed by atoms with Crippen molar-refractivity contribution < 1.29 is 9.53 Å². The molecule has 1 saturated heterocycles. The van der Waals surface area contributed by atoms with E-state index < -0.39 is 0 Å². The second-order valence-corrected chi connectivity index (χ2v) is 10.4. The summed E-state index contributed by atoms with van der Waals surface area (Å²) in [4.78, 5) is 15.6. The van der Waals surface area contributed by atoms with Gasteiger partial charge in [0.25, 0.3) is 5.91 Å². The van der Waals surface area contributed by atoms with Gasteiger partial charge in [-0.25, -0.2) is 0 Å². The number of hydrogen-bond donors (Lipinski definition) is 1. The number of nitrogens with zero attached hydrogens (tertiary/aromatic N) is 1. The van der Waals surface area contributed by atoms with E-state index >= 15 is 0 Å². The molecule has 1 aliphatic carbocycles. The number of nitrogens with one attached hydrogen (secondary N) is 1. The fourth-order valence-corrected chi connectivity index (χ4v) is 5.59. The summed E-state index contributed by atoms with van der Waals surface area (Å²) in [5.41, 5.74) is 0. The SMILES string of the molecule is O=C(N[C@H]1CC[C@H](CCN2CCC(Oc3cccc(Cl)c3Cl)CC2)CC1)c1cccs1. The van der Waals surface area contributed by atoms with Gasteiger partial charge in [-0.3, -0.25) is 4.79 Å². The van der Waals surface area contributed by atoms with Gasteiger partial charge in [-0.2, -0.15) is 0 Å². The predicted octanol–water partition coefficient (Wildman–Crippen LogP) is 6.28. The second-order valence-electron chi connectivity index (χ2n) is 8.67. The summed E-state index contributed by atoms with van der Waals surface area (Å²) >= 11 is 13.8. The molecule has 1 aliphatic heterocycles. The molecule has 1 aromatic heterocycles. The number of ether oxygens (including phenoxy) is 1. The van der Waals surface area contributed by atoms with Crippen LogP contribution in [-0.4, -0.2) is 42.6 Å². The Bertz CT molecular complexity index is 845. The topological polar surface area (TPSA) is 41.6 Å². The molecule has 1 amide bonds. The molecule has 2 aliphatic rings. The molecule has 4 rings (SSSR count). The first-order valence-corrected chi connectivity index (χ1v) is 12.9. The molecule has 0 spiro atoms. The van der Waals surface area contributed by atoms with Crippen molar-refractivity contribution in [3.8, 4) is 5.75 Å². The maximum absolute atomic E-state index is 12.2. The summed E-state index contributed by atoms with van der Waals surface area (Å²) < 4.78 is 6.10. The first kappa shape index (κ1) is 22.9. The standard InChI is InChI=1S/C24H30Cl2N2O2S/c25-20-3-1-4-21(23(20)26)30-19-11-14-28(15-12-19)13-10-17-6-8-18(9-7-17)27-24(29)22-5-2-16-31-22/h1-5,16-19H,6-15H2,(H,27,29)/t17-,18-. The van der Waals surface area contributed by atoms with Crippen LogP contribution in [0.15, 0.2) is 35.7 Å². The third-order valence-corrected chi connectivity index (χ3v) is 8.20. The van der Waals surface area contributed by atoms with Crippen molar-refractivity contribution >= 4 is 40.4 Å². The zero-order chi connectivity index (χ0) is 21.6. The lowest BCUT2D eigenvalue weighted by Crippen LogP contribution is -2.40. The molecule has 1 saturated carbocycles. The third-order valence-electron chi connectivity index (χ3n) is 6.52. The maximum Gasteiger partial charge on any atom is 0.261 e. The van der Waals surface area contributed by atoms with Gasteiger partial charge < -0.3 is 15.0 Å². The minimum Gasteiger partial charge on any atom is -0.489 e. The smallest absolute Gasteiger partial charge is 0.261 e. The average Bonchev–Trinajstić information content (AvgIpc) is 3.33. The Morgan fingerprint density at radius 1 is 1.06 bits per heavy atom. The van der Waals surface area contributed by atoms with Crippen LogP contribution in [-0.2, 0) is 0 Å². The van der Waals surface area contributed by atoms with E-state index in [0.29, 0.717) is 21.8 Å². The monoisotopic (exact) mass is 480 g/mol. The van der Waals surface area contributed by atoms with E-state index in [1.807, 2.05) is 29.6 Å². The average molecular weight is 481 g/mol. The van der Waals surface area contributed by atoms with Crippen LogP contribution >= 0.6 is 34.5 Å². The van der Waals surface area contributed by atoms with Crippen LogP contribution in [0.1, 0.15) is 54.6 Å². The Balaban J connectivity index is 1.12. The summed E-state index contributed by atoms with van der Waals surface area (Å²) in [6.45, 7) is 3.28. The van der Waals surface area contributed by atoms with E-state index in [1.165, 1.54) is 30.6 Å². The molecule has 2 heterocycles.